The molecule has 1 fully saturated rings. The molecule has 0 bridgehead atoms. The fourth-order valence-corrected chi connectivity index (χ4v) is 5.31. The summed E-state index contributed by atoms with van der Waals surface area (Å²) in [6.45, 7) is 11.4. The Bertz CT molecular complexity index is 1380. The Balaban J connectivity index is 2.48. The molecule has 1 aromatic carbocycles. The highest BCUT2D eigenvalue weighted by atomic mass is 16.7. The molecule has 15 nitrogen and oxygen atoms in total. The van der Waals surface area contributed by atoms with Gasteiger partial charge in [-0.3, -0.25) is 24.5 Å². The van der Waals surface area contributed by atoms with E-state index in [0.29, 0.717) is 18.7 Å². The van der Waals surface area contributed by atoms with Crippen LogP contribution in [0.4, 0.5) is 10.5 Å². The first-order valence-corrected chi connectivity index (χ1v) is 17.5. The van der Waals surface area contributed by atoms with Crippen LogP contribution in [0.25, 0.3) is 0 Å². The van der Waals surface area contributed by atoms with E-state index in [0.717, 1.165) is 25.7 Å². The standard InChI is InChI=1S/C37H52N4O11/c1-6-10-18-39-29(43)20-25(12-8-3)34(45)50-32-31(52-37(47)41-27-16-14-24(22-38)15-17-27)28(23-42)49-36(48-5)33(32)51-35(46)26(13-9-4)21-30(44)40-19-11-7-2/h8-9,14-17,25-26,28,31-33,36,42H,3-4,6-7,10-13,18-21,23H2,1-2,5H3,(H,39,43)(H,40,44)(H,41,47)/t25-,26-,28-,31-,32+,33-,36+/m1/s1. The van der Waals surface area contributed by atoms with Crippen molar-refractivity contribution in [3.8, 4) is 6.07 Å². The van der Waals surface area contributed by atoms with Gasteiger partial charge in [-0.2, -0.15) is 5.26 Å². The number of nitrogens with zero attached hydrogens (tertiary/aromatic N) is 1. The SMILES string of the molecule is C=CC[C@H](CC(=O)NCCCC)C(=O)O[C@@H]1[C@@H](OC(=O)[C@H](CC=C)CC(=O)NCCCC)[C@@H](OC)O[C@H](CO)[C@H]1OC(=O)Nc1ccc(C#N)cc1. The Morgan fingerprint density at radius 1 is 0.865 bits per heavy atom. The maximum absolute atomic E-state index is 13.8. The quantitative estimate of drug-likeness (QED) is 0.0583. The number of unbranched alkanes of at least 4 members (excludes halogenated alkanes) is 2. The number of nitriles is 1. The molecule has 1 aromatic rings. The lowest BCUT2D eigenvalue weighted by molar-refractivity contribution is -0.300. The van der Waals surface area contributed by atoms with E-state index in [1.54, 1.807) is 0 Å². The van der Waals surface area contributed by atoms with Crippen LogP contribution in [0.2, 0.25) is 0 Å². The van der Waals surface area contributed by atoms with Gasteiger partial charge in [-0.25, -0.2) is 4.79 Å². The van der Waals surface area contributed by atoms with Gasteiger partial charge < -0.3 is 39.4 Å². The van der Waals surface area contributed by atoms with Crippen LogP contribution in [0.15, 0.2) is 49.6 Å². The van der Waals surface area contributed by atoms with Gasteiger partial charge in [0, 0.05) is 38.7 Å². The third kappa shape index (κ3) is 14.1. The first-order valence-electron chi connectivity index (χ1n) is 17.5. The number of anilines is 1. The molecule has 2 rings (SSSR count). The predicted octanol–water partition coefficient (Wildman–Crippen LogP) is 3.66. The van der Waals surface area contributed by atoms with E-state index in [2.05, 4.69) is 29.1 Å². The number of esters is 2. The zero-order valence-electron chi connectivity index (χ0n) is 30.2. The van der Waals surface area contributed by atoms with E-state index < -0.39 is 73.1 Å². The summed E-state index contributed by atoms with van der Waals surface area (Å²) in [5, 5.41) is 27.4. The van der Waals surface area contributed by atoms with Gasteiger partial charge >= 0.3 is 18.0 Å². The lowest BCUT2D eigenvalue weighted by atomic mass is 9.96. The number of ether oxygens (including phenoxy) is 5. The number of allylic oxidation sites excluding steroid dienone is 2. The molecule has 4 N–H and O–H groups in total. The lowest BCUT2D eigenvalue weighted by Gasteiger charge is -2.44. The topological polar surface area (TPSA) is 212 Å². The van der Waals surface area contributed by atoms with Crippen molar-refractivity contribution in [3.63, 3.8) is 0 Å². The molecule has 7 atom stereocenters. The summed E-state index contributed by atoms with van der Waals surface area (Å²) >= 11 is 0. The van der Waals surface area contributed by atoms with Crippen LogP contribution >= 0.6 is 0 Å². The van der Waals surface area contributed by atoms with E-state index in [1.165, 1.54) is 43.5 Å². The van der Waals surface area contributed by atoms with Gasteiger partial charge in [0.05, 0.1) is 30.1 Å². The van der Waals surface area contributed by atoms with Crippen molar-refractivity contribution < 1.29 is 52.8 Å². The number of benzene rings is 1. The number of aliphatic hydroxyl groups is 1. The average molecular weight is 729 g/mol. The fraction of sp³-hybridized carbons (Fsp3) is 0.568. The van der Waals surface area contributed by atoms with Crippen LogP contribution in [0, 0.1) is 23.2 Å². The van der Waals surface area contributed by atoms with Crippen LogP contribution in [-0.4, -0.2) is 92.5 Å². The number of nitrogens with one attached hydrogen (secondary N) is 3. The van der Waals surface area contributed by atoms with Crippen molar-refractivity contribution in [1.82, 2.24) is 10.6 Å². The summed E-state index contributed by atoms with van der Waals surface area (Å²) in [5.41, 5.74) is 0.612. The maximum Gasteiger partial charge on any atom is 0.412 e. The van der Waals surface area contributed by atoms with Crippen LogP contribution in [0.3, 0.4) is 0 Å². The smallest absolute Gasteiger partial charge is 0.412 e. The average Bonchev–Trinajstić information content (AvgIpc) is 3.13. The minimum atomic E-state index is -1.63. The van der Waals surface area contributed by atoms with Gasteiger partial charge in [-0.15, -0.1) is 13.2 Å². The van der Waals surface area contributed by atoms with E-state index in [-0.39, 0.29) is 37.3 Å². The molecule has 3 amide bonds. The van der Waals surface area contributed by atoms with Gasteiger partial charge in [-0.1, -0.05) is 38.8 Å². The minimum Gasteiger partial charge on any atom is -0.454 e. The normalized spacial score (nSPS) is 20.6. The molecule has 0 spiro atoms. The summed E-state index contributed by atoms with van der Waals surface area (Å²) in [7, 11) is 1.24. The van der Waals surface area contributed by atoms with Gasteiger partial charge in [-0.05, 0) is 49.9 Å². The van der Waals surface area contributed by atoms with Crippen molar-refractivity contribution in [1.29, 1.82) is 5.26 Å². The molecule has 0 aromatic heterocycles. The fourth-order valence-electron chi connectivity index (χ4n) is 5.31. The third-order valence-electron chi connectivity index (χ3n) is 8.15. The Morgan fingerprint density at radius 3 is 1.83 bits per heavy atom. The van der Waals surface area contributed by atoms with E-state index in [4.69, 9.17) is 28.9 Å². The highest BCUT2D eigenvalue weighted by Gasteiger charge is 2.53. The summed E-state index contributed by atoms with van der Waals surface area (Å²) < 4.78 is 28.8. The Morgan fingerprint density at radius 2 is 1.38 bits per heavy atom. The van der Waals surface area contributed by atoms with Gasteiger partial charge in [0.1, 0.15) is 6.10 Å². The Kier molecular flexibility index (Phi) is 19.7. The molecule has 0 unspecified atom stereocenters. The Labute approximate surface area is 305 Å². The number of hydrogen-bond acceptors (Lipinski definition) is 12. The zero-order valence-corrected chi connectivity index (χ0v) is 30.2. The van der Waals surface area contributed by atoms with Crippen LogP contribution in [0.1, 0.15) is 70.8 Å². The summed E-state index contributed by atoms with van der Waals surface area (Å²) in [6.07, 6.45) is -2.85. The van der Waals surface area contributed by atoms with Gasteiger partial charge in [0.2, 0.25) is 11.8 Å². The molecule has 1 aliphatic heterocycles. The molecular weight excluding hydrogens is 676 g/mol. The van der Waals surface area contributed by atoms with E-state index in [9.17, 15) is 29.1 Å². The molecule has 1 aliphatic rings. The second kappa shape index (κ2) is 23.6. The van der Waals surface area contributed by atoms with Crippen molar-refractivity contribution in [2.24, 2.45) is 11.8 Å². The number of aliphatic hydroxyl groups excluding tert-OH is 1. The van der Waals surface area contributed by atoms with Crippen molar-refractivity contribution >= 4 is 35.5 Å². The molecule has 1 saturated heterocycles. The molecule has 0 saturated carbocycles. The second-order valence-corrected chi connectivity index (χ2v) is 12.2. The second-order valence-electron chi connectivity index (χ2n) is 12.2. The Hall–Kier alpha value is -4.78. The number of methoxy groups -OCH3 is 1. The van der Waals surface area contributed by atoms with Crippen LogP contribution < -0.4 is 16.0 Å². The van der Waals surface area contributed by atoms with Crippen molar-refractivity contribution in [3.05, 3.63) is 55.1 Å². The summed E-state index contributed by atoms with van der Waals surface area (Å²) in [4.78, 5) is 66.0. The number of carbonyl (C=O) groups excluding carboxylic acids is 5. The molecule has 0 radical (unpaired) electrons. The molecule has 52 heavy (non-hydrogen) atoms. The number of amides is 3. The highest BCUT2D eigenvalue weighted by molar-refractivity contribution is 5.85. The first-order chi connectivity index (χ1) is 25.0. The van der Waals surface area contributed by atoms with Gasteiger partial charge in [0.15, 0.2) is 24.6 Å². The van der Waals surface area contributed by atoms with Crippen LogP contribution in [0.5, 0.6) is 0 Å². The zero-order chi connectivity index (χ0) is 38.5. The molecule has 15 heteroatoms. The monoisotopic (exact) mass is 728 g/mol. The van der Waals surface area contributed by atoms with E-state index >= 15 is 0 Å². The number of hydrogen-bond donors (Lipinski definition) is 4. The van der Waals surface area contributed by atoms with Crippen molar-refractivity contribution in [2.45, 2.75) is 95.9 Å². The third-order valence-corrected chi connectivity index (χ3v) is 8.15. The van der Waals surface area contributed by atoms with E-state index in [1.807, 2.05) is 19.9 Å². The molecule has 1 heterocycles. The maximum atomic E-state index is 13.8. The first kappa shape index (κ1) is 43.4. The number of carbonyl (C=O) groups is 5. The summed E-state index contributed by atoms with van der Waals surface area (Å²) in [6, 6.07) is 7.85. The minimum absolute atomic E-state index is 0.0457. The van der Waals surface area contributed by atoms with Crippen molar-refractivity contribution in [2.75, 3.05) is 32.1 Å². The highest BCUT2D eigenvalue weighted by Crippen LogP contribution is 2.31. The molecule has 286 valence electrons. The van der Waals surface area contributed by atoms with Crippen LogP contribution in [-0.2, 0) is 42.9 Å². The predicted molar refractivity (Wildman–Crippen MR) is 189 cm³/mol. The number of rotatable bonds is 22. The lowest BCUT2D eigenvalue weighted by Crippen LogP contribution is -2.63. The van der Waals surface area contributed by atoms with Gasteiger partial charge in [0.25, 0.3) is 0 Å². The molecular formula is C37H52N4O11. The summed E-state index contributed by atoms with van der Waals surface area (Å²) in [5.74, 6) is -4.57. The molecule has 0 aliphatic carbocycles. The largest absolute Gasteiger partial charge is 0.454 e.